The molecule has 1 saturated heterocycles. The number of terminal acetylenes is 1. The van der Waals surface area contributed by atoms with Gasteiger partial charge in [-0.3, -0.25) is 4.79 Å². The summed E-state index contributed by atoms with van der Waals surface area (Å²) in [6.07, 6.45) is 7.44. The number of thiophene rings is 1. The molecule has 3 aromatic rings. The lowest BCUT2D eigenvalue weighted by Gasteiger charge is -2.31. The van der Waals surface area contributed by atoms with Gasteiger partial charge < -0.3 is 4.57 Å². The SMILES string of the molecule is C#CCn1c(=NC(=O)C2CCCCN2S(=O)(=O)c2cccs2)sc2cc(Cl)ccc21. The largest absolute Gasteiger partial charge is 0.305 e. The van der Waals surface area contributed by atoms with Gasteiger partial charge in [0.05, 0.1) is 16.8 Å². The summed E-state index contributed by atoms with van der Waals surface area (Å²) < 4.78 is 30.3. The molecule has 1 atom stereocenters. The fraction of sp³-hybridized carbons (Fsp3) is 0.300. The van der Waals surface area contributed by atoms with Crippen molar-refractivity contribution in [3.63, 3.8) is 0 Å². The van der Waals surface area contributed by atoms with Crippen LogP contribution in [-0.4, -0.2) is 35.8 Å². The van der Waals surface area contributed by atoms with Gasteiger partial charge in [0.15, 0.2) is 4.80 Å². The summed E-state index contributed by atoms with van der Waals surface area (Å²) in [6.45, 7) is 0.550. The highest BCUT2D eigenvalue weighted by molar-refractivity contribution is 7.91. The van der Waals surface area contributed by atoms with Crippen LogP contribution in [0.15, 0.2) is 44.9 Å². The van der Waals surface area contributed by atoms with E-state index in [1.54, 1.807) is 34.2 Å². The number of halogens is 1. The number of aromatic nitrogens is 1. The van der Waals surface area contributed by atoms with Crippen molar-refractivity contribution in [2.24, 2.45) is 4.99 Å². The van der Waals surface area contributed by atoms with Crippen LogP contribution in [0.2, 0.25) is 5.02 Å². The Labute approximate surface area is 187 Å². The van der Waals surface area contributed by atoms with Gasteiger partial charge in [-0.15, -0.1) is 17.8 Å². The summed E-state index contributed by atoms with van der Waals surface area (Å²) in [5, 5.41) is 2.29. The average Bonchev–Trinajstić information content (AvgIpc) is 3.37. The van der Waals surface area contributed by atoms with Crippen LogP contribution in [0.3, 0.4) is 0 Å². The highest BCUT2D eigenvalue weighted by Crippen LogP contribution is 2.28. The van der Waals surface area contributed by atoms with Gasteiger partial charge in [-0.1, -0.05) is 41.3 Å². The van der Waals surface area contributed by atoms with E-state index < -0.39 is 22.0 Å². The third-order valence-electron chi connectivity index (χ3n) is 4.90. The Morgan fingerprint density at radius 1 is 1.33 bits per heavy atom. The van der Waals surface area contributed by atoms with E-state index in [0.29, 0.717) is 29.2 Å². The van der Waals surface area contributed by atoms with Crippen LogP contribution in [-0.2, 0) is 21.4 Å². The van der Waals surface area contributed by atoms with Gasteiger partial charge in [-0.25, -0.2) is 8.42 Å². The summed E-state index contributed by atoms with van der Waals surface area (Å²) >= 11 is 8.54. The Morgan fingerprint density at radius 3 is 2.90 bits per heavy atom. The number of amides is 1. The van der Waals surface area contributed by atoms with E-state index >= 15 is 0 Å². The maximum atomic E-state index is 13.1. The van der Waals surface area contributed by atoms with Crippen molar-refractivity contribution in [2.75, 3.05) is 6.54 Å². The summed E-state index contributed by atoms with van der Waals surface area (Å²) in [5.41, 5.74) is 0.834. The normalized spacial score (nSPS) is 18.5. The predicted octanol–water partition coefficient (Wildman–Crippen LogP) is 3.72. The Balaban J connectivity index is 1.76. The van der Waals surface area contributed by atoms with Crippen molar-refractivity contribution in [2.45, 2.75) is 36.1 Å². The lowest BCUT2D eigenvalue weighted by molar-refractivity contribution is -0.122. The Morgan fingerprint density at radius 2 is 2.17 bits per heavy atom. The second-order valence-electron chi connectivity index (χ2n) is 6.80. The zero-order chi connectivity index (χ0) is 21.3. The molecular weight excluding hydrogens is 462 g/mol. The summed E-state index contributed by atoms with van der Waals surface area (Å²) in [7, 11) is -3.74. The summed E-state index contributed by atoms with van der Waals surface area (Å²) in [6, 6.07) is 7.82. The van der Waals surface area contributed by atoms with Gasteiger partial charge in [0.2, 0.25) is 0 Å². The Hall–Kier alpha value is -1.96. The van der Waals surface area contributed by atoms with Gasteiger partial charge in [0, 0.05) is 11.6 Å². The van der Waals surface area contributed by atoms with Crippen LogP contribution >= 0.6 is 34.3 Å². The number of carbonyl (C=O) groups is 1. The minimum Gasteiger partial charge on any atom is -0.305 e. The maximum Gasteiger partial charge on any atom is 0.266 e. The van der Waals surface area contributed by atoms with E-state index in [9.17, 15) is 13.2 Å². The number of benzene rings is 1. The second kappa shape index (κ2) is 8.65. The number of fused-ring (bicyclic) bond motifs is 1. The molecule has 3 heterocycles. The van der Waals surface area contributed by atoms with Gasteiger partial charge in [-0.2, -0.15) is 9.30 Å². The molecule has 4 rings (SSSR count). The molecule has 156 valence electrons. The third kappa shape index (κ3) is 3.98. The van der Waals surface area contributed by atoms with Crippen LogP contribution in [0.1, 0.15) is 19.3 Å². The van der Waals surface area contributed by atoms with Crippen molar-refractivity contribution >= 4 is 60.4 Å². The van der Waals surface area contributed by atoms with Crippen molar-refractivity contribution in [3.05, 3.63) is 45.5 Å². The van der Waals surface area contributed by atoms with Crippen molar-refractivity contribution in [1.82, 2.24) is 8.87 Å². The molecule has 0 spiro atoms. The molecule has 0 N–H and O–H groups in total. The number of hydrogen-bond acceptors (Lipinski definition) is 5. The molecule has 1 aliphatic rings. The number of thiazole rings is 1. The molecule has 10 heteroatoms. The molecule has 6 nitrogen and oxygen atoms in total. The number of nitrogens with zero attached hydrogens (tertiary/aromatic N) is 3. The topological polar surface area (TPSA) is 71.7 Å². The molecule has 1 aliphatic heterocycles. The molecule has 0 radical (unpaired) electrons. The fourth-order valence-corrected chi connectivity index (χ4v) is 7.59. The van der Waals surface area contributed by atoms with Gasteiger partial charge in [-0.05, 0) is 42.5 Å². The first-order valence-electron chi connectivity index (χ1n) is 9.28. The first-order chi connectivity index (χ1) is 14.4. The average molecular weight is 480 g/mol. The van der Waals surface area contributed by atoms with Crippen LogP contribution in [0.4, 0.5) is 0 Å². The summed E-state index contributed by atoms with van der Waals surface area (Å²) in [5.74, 6) is 2.11. The molecule has 1 fully saturated rings. The van der Waals surface area contributed by atoms with Crippen LogP contribution in [0.5, 0.6) is 0 Å². The standard InChI is InChI=1S/C20H18ClN3O3S3/c1-2-10-23-15-9-8-14(21)13-17(15)29-20(23)22-19(25)16-6-3-4-11-24(16)30(26,27)18-7-5-12-28-18/h1,5,7-9,12-13,16H,3-4,6,10-11H2. The third-order valence-corrected chi connectivity index (χ3v) is 9.45. The number of rotatable bonds is 4. The zero-order valence-electron chi connectivity index (χ0n) is 15.8. The fourth-order valence-electron chi connectivity index (χ4n) is 3.51. The van der Waals surface area contributed by atoms with Gasteiger partial charge in [0.25, 0.3) is 15.9 Å². The maximum absolute atomic E-state index is 13.1. The van der Waals surface area contributed by atoms with E-state index in [1.165, 1.54) is 15.6 Å². The minimum absolute atomic E-state index is 0.237. The Kier molecular flexibility index (Phi) is 6.14. The Bertz CT molecular complexity index is 1300. The monoisotopic (exact) mass is 479 g/mol. The molecule has 1 unspecified atom stereocenters. The number of carbonyl (C=O) groups excluding carboxylic acids is 1. The molecule has 1 aromatic carbocycles. The molecule has 1 amide bonds. The minimum atomic E-state index is -3.74. The van der Waals surface area contributed by atoms with Crippen LogP contribution in [0, 0.1) is 12.3 Å². The van der Waals surface area contributed by atoms with Gasteiger partial charge in [0.1, 0.15) is 10.3 Å². The lowest BCUT2D eigenvalue weighted by atomic mass is 10.0. The van der Waals surface area contributed by atoms with E-state index in [1.807, 2.05) is 6.07 Å². The number of sulfonamides is 1. The van der Waals surface area contributed by atoms with E-state index in [4.69, 9.17) is 18.0 Å². The molecule has 30 heavy (non-hydrogen) atoms. The number of piperidine rings is 1. The predicted molar refractivity (Wildman–Crippen MR) is 120 cm³/mol. The van der Waals surface area contributed by atoms with Crippen LogP contribution in [0.25, 0.3) is 10.2 Å². The molecule has 2 aromatic heterocycles. The molecular formula is C20H18ClN3O3S3. The smallest absolute Gasteiger partial charge is 0.266 e. The molecule has 0 aliphatic carbocycles. The highest BCUT2D eigenvalue weighted by Gasteiger charge is 2.38. The lowest BCUT2D eigenvalue weighted by Crippen LogP contribution is -2.47. The molecule has 0 saturated carbocycles. The highest BCUT2D eigenvalue weighted by atomic mass is 35.5. The van der Waals surface area contributed by atoms with E-state index in [-0.39, 0.29) is 10.8 Å². The van der Waals surface area contributed by atoms with Crippen LogP contribution < -0.4 is 4.80 Å². The number of hydrogen-bond donors (Lipinski definition) is 0. The van der Waals surface area contributed by atoms with E-state index in [2.05, 4.69) is 10.9 Å². The van der Waals surface area contributed by atoms with Crippen molar-refractivity contribution in [1.29, 1.82) is 0 Å². The second-order valence-corrected chi connectivity index (χ2v) is 11.3. The zero-order valence-corrected chi connectivity index (χ0v) is 19.0. The first-order valence-corrected chi connectivity index (χ1v) is 12.8. The van der Waals surface area contributed by atoms with Crippen molar-refractivity contribution < 1.29 is 13.2 Å². The van der Waals surface area contributed by atoms with Crippen molar-refractivity contribution in [3.8, 4) is 12.3 Å². The quantitative estimate of drug-likeness (QED) is 0.535. The molecule has 0 bridgehead atoms. The first kappa shape index (κ1) is 21.3. The summed E-state index contributed by atoms with van der Waals surface area (Å²) in [4.78, 5) is 17.9. The van der Waals surface area contributed by atoms with E-state index in [0.717, 1.165) is 28.0 Å². The van der Waals surface area contributed by atoms with Gasteiger partial charge >= 0.3 is 0 Å².